The minimum Gasteiger partial charge on any atom is -0.490 e. The van der Waals surface area contributed by atoms with E-state index < -0.39 is 23.8 Å². The lowest BCUT2D eigenvalue weighted by Gasteiger charge is -2.39. The van der Waals surface area contributed by atoms with Crippen molar-refractivity contribution in [1.29, 1.82) is 5.26 Å². The quantitative estimate of drug-likeness (QED) is 0.223. The predicted octanol–water partition coefficient (Wildman–Crippen LogP) is 3.87. The fraction of sp³-hybridized carbons (Fsp3) is 0.488. The molecule has 3 atom stereocenters. The Kier molecular flexibility index (Phi) is 11.8. The monoisotopic (exact) mass is 821 g/mol. The third-order valence-electron chi connectivity index (χ3n) is 12.8. The molecule has 15 nitrogen and oxygen atoms in total. The standard InChI is InChI=1S/C43H48ClN9O6/c1-26-18-31(5-9-35(26)43(58)53(25-54)38-11-13-40(55)47-42(38)57)52-23-28-19-32(20-29(28)24-52)50-14-16-51(17-15-50)39-12-10-37(48-49-39)41(56)46-30-3-7-33(8-4-30)59-34-6-2-27(22-45)36(44)21-34/h2,5-6,9-10,12,18,21,25,28-30,32-33,38H,3-4,7-8,11,13-17,19-20,23-24H2,1H3,(H,46,56)(H,47,55,57). The van der Waals surface area contributed by atoms with Gasteiger partial charge in [-0.2, -0.15) is 5.26 Å². The Balaban J connectivity index is 0.765. The summed E-state index contributed by atoms with van der Waals surface area (Å²) in [4.78, 5) is 70.4. The molecule has 5 fully saturated rings. The van der Waals surface area contributed by atoms with E-state index in [-0.39, 0.29) is 30.9 Å². The molecule has 2 saturated carbocycles. The maximum atomic E-state index is 13.3. The normalized spacial score (nSPS) is 25.8. The maximum absolute atomic E-state index is 13.3. The topological polar surface area (TPSA) is 181 Å². The Labute approximate surface area is 348 Å². The summed E-state index contributed by atoms with van der Waals surface area (Å²) in [5.74, 6) is 0.782. The van der Waals surface area contributed by atoms with Crippen LogP contribution in [-0.4, -0.2) is 114 Å². The lowest BCUT2D eigenvalue weighted by molar-refractivity contribution is -0.139. The van der Waals surface area contributed by atoms with Crippen molar-refractivity contribution >= 4 is 53.1 Å². The molecule has 5 aliphatic rings. The molecule has 16 heteroatoms. The minimum absolute atomic E-state index is 0.0198. The van der Waals surface area contributed by atoms with Crippen molar-refractivity contribution in [3.63, 3.8) is 0 Å². The molecular weight excluding hydrogens is 774 g/mol. The Bertz CT molecular complexity index is 2130. The second-order valence-electron chi connectivity index (χ2n) is 16.5. The van der Waals surface area contributed by atoms with E-state index in [4.69, 9.17) is 21.6 Å². The Morgan fingerprint density at radius 2 is 1.69 bits per heavy atom. The first-order valence-corrected chi connectivity index (χ1v) is 20.9. The highest BCUT2D eigenvalue weighted by molar-refractivity contribution is 6.31. The molecule has 5 amide bonds. The average Bonchev–Trinajstić information content (AvgIpc) is 3.83. The van der Waals surface area contributed by atoms with Crippen LogP contribution in [0, 0.1) is 30.1 Å². The maximum Gasteiger partial charge on any atom is 0.272 e. The van der Waals surface area contributed by atoms with Gasteiger partial charge in [0.05, 0.1) is 16.7 Å². The van der Waals surface area contributed by atoms with Crippen molar-refractivity contribution < 1.29 is 28.7 Å². The number of nitrogens with zero attached hydrogens (tertiary/aromatic N) is 7. The van der Waals surface area contributed by atoms with Crippen LogP contribution in [0.5, 0.6) is 5.75 Å². The van der Waals surface area contributed by atoms with Gasteiger partial charge in [0.25, 0.3) is 11.8 Å². The number of benzene rings is 2. The lowest BCUT2D eigenvalue weighted by Crippen LogP contribution is -2.53. The van der Waals surface area contributed by atoms with Crippen LogP contribution in [0.4, 0.5) is 11.5 Å². The van der Waals surface area contributed by atoms with E-state index in [1.54, 1.807) is 30.3 Å². The van der Waals surface area contributed by atoms with Crippen LogP contribution in [0.15, 0.2) is 48.5 Å². The van der Waals surface area contributed by atoms with Gasteiger partial charge in [0.15, 0.2) is 11.5 Å². The zero-order valence-corrected chi connectivity index (χ0v) is 33.8. The number of carbonyl (C=O) groups is 5. The molecule has 0 bridgehead atoms. The molecule has 0 spiro atoms. The molecule has 308 valence electrons. The highest BCUT2D eigenvalue weighted by Crippen LogP contribution is 2.42. The summed E-state index contributed by atoms with van der Waals surface area (Å²) in [5, 5.41) is 23.5. The molecule has 4 heterocycles. The number of imide groups is 2. The van der Waals surface area contributed by atoms with E-state index >= 15 is 0 Å². The van der Waals surface area contributed by atoms with E-state index in [0.717, 1.165) is 99.8 Å². The van der Waals surface area contributed by atoms with Gasteiger partial charge >= 0.3 is 0 Å². The lowest BCUT2D eigenvalue weighted by atomic mass is 9.93. The summed E-state index contributed by atoms with van der Waals surface area (Å²) in [6.45, 7) is 7.30. The number of rotatable bonds is 10. The molecule has 1 aromatic heterocycles. The van der Waals surface area contributed by atoms with Crippen molar-refractivity contribution in [1.82, 2.24) is 30.6 Å². The third kappa shape index (κ3) is 8.74. The molecule has 2 aliphatic carbocycles. The van der Waals surface area contributed by atoms with Crippen LogP contribution in [0.1, 0.15) is 83.3 Å². The minimum atomic E-state index is -1.000. The summed E-state index contributed by atoms with van der Waals surface area (Å²) in [6, 6.07) is 16.0. The summed E-state index contributed by atoms with van der Waals surface area (Å²) in [5.41, 5.74) is 2.86. The Morgan fingerprint density at radius 3 is 2.32 bits per heavy atom. The van der Waals surface area contributed by atoms with Crippen LogP contribution in [0.2, 0.25) is 5.02 Å². The van der Waals surface area contributed by atoms with Gasteiger partial charge in [-0.3, -0.25) is 39.1 Å². The zero-order valence-electron chi connectivity index (χ0n) is 33.0. The smallest absolute Gasteiger partial charge is 0.272 e. The fourth-order valence-electron chi connectivity index (χ4n) is 9.58. The number of halogens is 1. The van der Waals surface area contributed by atoms with Gasteiger partial charge in [-0.05, 0) is 112 Å². The number of amides is 5. The summed E-state index contributed by atoms with van der Waals surface area (Å²) in [6.07, 6.45) is 6.03. The number of hydrogen-bond donors (Lipinski definition) is 2. The van der Waals surface area contributed by atoms with Crippen molar-refractivity contribution in [3.05, 3.63) is 75.9 Å². The van der Waals surface area contributed by atoms with E-state index in [1.165, 1.54) is 0 Å². The third-order valence-corrected chi connectivity index (χ3v) is 13.1. The van der Waals surface area contributed by atoms with Gasteiger partial charge in [-0.25, -0.2) is 0 Å². The van der Waals surface area contributed by atoms with Gasteiger partial charge in [0, 0.05) is 75.1 Å². The van der Waals surface area contributed by atoms with Crippen molar-refractivity contribution in [2.45, 2.75) is 82.5 Å². The molecule has 8 rings (SSSR count). The first-order valence-electron chi connectivity index (χ1n) is 20.5. The number of aryl methyl sites for hydroxylation is 1. The number of piperazine rings is 1. The molecule has 3 saturated heterocycles. The molecule has 2 aromatic carbocycles. The second-order valence-corrected chi connectivity index (χ2v) is 16.9. The van der Waals surface area contributed by atoms with Crippen LogP contribution in [-0.2, 0) is 14.4 Å². The predicted molar refractivity (Wildman–Crippen MR) is 218 cm³/mol. The number of ether oxygens (including phenoxy) is 1. The second kappa shape index (κ2) is 17.3. The Hall–Kier alpha value is -5.59. The highest BCUT2D eigenvalue weighted by atomic mass is 35.5. The van der Waals surface area contributed by atoms with E-state index in [1.807, 2.05) is 25.1 Å². The number of anilines is 2. The van der Waals surface area contributed by atoms with E-state index in [2.05, 4.69) is 41.6 Å². The zero-order chi connectivity index (χ0) is 41.2. The number of aromatic nitrogens is 2. The van der Waals surface area contributed by atoms with Crippen LogP contribution in [0.3, 0.4) is 0 Å². The van der Waals surface area contributed by atoms with E-state index in [0.29, 0.717) is 51.9 Å². The SMILES string of the molecule is Cc1cc(N2CC3CC(N4CCN(c5ccc(C(=O)NC6CCC(Oc7ccc(C#N)c(Cl)c7)CC6)nn5)CC4)CC3C2)ccc1C(=O)N(C=O)C1CCC(=O)NC1=O. The number of piperidine rings is 1. The summed E-state index contributed by atoms with van der Waals surface area (Å²) >= 11 is 6.15. The molecule has 0 radical (unpaired) electrons. The van der Waals surface area contributed by atoms with Crippen molar-refractivity contribution in [2.24, 2.45) is 11.8 Å². The number of fused-ring (bicyclic) bond motifs is 1. The van der Waals surface area contributed by atoms with Gasteiger partial charge in [0.1, 0.15) is 17.9 Å². The highest BCUT2D eigenvalue weighted by Gasteiger charge is 2.43. The molecule has 3 aliphatic heterocycles. The first-order chi connectivity index (χ1) is 28.6. The summed E-state index contributed by atoms with van der Waals surface area (Å²) in [7, 11) is 0. The molecule has 59 heavy (non-hydrogen) atoms. The average molecular weight is 822 g/mol. The van der Waals surface area contributed by atoms with Crippen LogP contribution >= 0.6 is 11.6 Å². The van der Waals surface area contributed by atoms with Crippen molar-refractivity contribution in [2.75, 3.05) is 49.1 Å². The molecular formula is C43H48ClN9O6. The number of hydrogen-bond acceptors (Lipinski definition) is 12. The summed E-state index contributed by atoms with van der Waals surface area (Å²) < 4.78 is 6.08. The molecule has 3 aromatic rings. The Morgan fingerprint density at radius 1 is 0.949 bits per heavy atom. The largest absolute Gasteiger partial charge is 0.490 e. The van der Waals surface area contributed by atoms with Gasteiger partial charge < -0.3 is 19.9 Å². The number of carbonyl (C=O) groups excluding carboxylic acids is 5. The van der Waals surface area contributed by atoms with Crippen LogP contribution in [0.25, 0.3) is 0 Å². The molecule has 3 unspecified atom stereocenters. The number of nitriles is 1. The molecule has 2 N–H and O–H groups in total. The van der Waals surface area contributed by atoms with Gasteiger partial charge in [-0.1, -0.05) is 11.6 Å². The fourth-order valence-corrected chi connectivity index (χ4v) is 9.79. The number of nitrogens with one attached hydrogen (secondary N) is 2. The van der Waals surface area contributed by atoms with Crippen molar-refractivity contribution in [3.8, 4) is 11.8 Å². The first kappa shape index (κ1) is 40.2. The van der Waals surface area contributed by atoms with E-state index in [9.17, 15) is 24.0 Å². The van der Waals surface area contributed by atoms with Gasteiger partial charge in [0.2, 0.25) is 18.2 Å². The van der Waals surface area contributed by atoms with Crippen LogP contribution < -0.4 is 25.2 Å². The van der Waals surface area contributed by atoms with Gasteiger partial charge in [-0.15, -0.1) is 10.2 Å².